The first-order valence-electron chi connectivity index (χ1n) is 7.21. The molecule has 0 saturated heterocycles. The molecule has 4 heteroatoms. The molecule has 0 aliphatic rings. The highest BCUT2D eigenvalue weighted by Gasteiger charge is 2.11. The number of halogens is 1. The van der Waals surface area contributed by atoms with E-state index >= 15 is 0 Å². The van der Waals surface area contributed by atoms with Gasteiger partial charge in [-0.15, -0.1) is 0 Å². The summed E-state index contributed by atoms with van der Waals surface area (Å²) in [5.74, 6) is 0. The van der Waals surface area contributed by atoms with Crippen LogP contribution in [0, 0.1) is 0 Å². The molecule has 0 bridgehead atoms. The van der Waals surface area contributed by atoms with Crippen molar-refractivity contribution in [2.75, 3.05) is 5.32 Å². The van der Waals surface area contributed by atoms with Gasteiger partial charge in [0.15, 0.2) is 0 Å². The molecular weight excluding hydrogens is 282 g/mol. The molecule has 0 amide bonds. The van der Waals surface area contributed by atoms with Gasteiger partial charge in [-0.1, -0.05) is 37.1 Å². The van der Waals surface area contributed by atoms with E-state index in [2.05, 4.69) is 52.8 Å². The van der Waals surface area contributed by atoms with Crippen molar-refractivity contribution >= 4 is 28.2 Å². The molecule has 0 saturated carbocycles. The van der Waals surface area contributed by atoms with Crippen LogP contribution < -0.4 is 5.32 Å². The second kappa shape index (κ2) is 6.19. The van der Waals surface area contributed by atoms with E-state index in [9.17, 15) is 0 Å². The van der Waals surface area contributed by atoms with Gasteiger partial charge < -0.3 is 5.32 Å². The molecule has 21 heavy (non-hydrogen) atoms. The van der Waals surface area contributed by atoms with Crippen molar-refractivity contribution < 1.29 is 0 Å². The molecule has 1 unspecified atom stereocenters. The van der Waals surface area contributed by atoms with Crippen LogP contribution in [0.4, 0.5) is 5.69 Å². The Bertz CT molecular complexity index is 718. The standard InChI is InChI=1S/C17H18ClN3/c1-2-3-16(12-4-7-14(18)8-5-12)20-15-9-6-13-11-19-21-17(13)10-15/h4-11,16,20H,2-3H2,1H3,(H,19,21). The predicted octanol–water partition coefficient (Wildman–Crippen LogP) is 5.17. The van der Waals surface area contributed by atoms with Crippen molar-refractivity contribution in [1.82, 2.24) is 10.2 Å². The number of rotatable bonds is 5. The number of hydrogen-bond acceptors (Lipinski definition) is 2. The van der Waals surface area contributed by atoms with E-state index < -0.39 is 0 Å². The van der Waals surface area contributed by atoms with Crippen LogP contribution >= 0.6 is 11.6 Å². The second-order valence-corrected chi connectivity index (χ2v) is 5.65. The van der Waals surface area contributed by atoms with Crippen molar-refractivity contribution in [1.29, 1.82) is 0 Å². The maximum absolute atomic E-state index is 5.97. The average Bonchev–Trinajstić information content (AvgIpc) is 2.95. The fourth-order valence-electron chi connectivity index (χ4n) is 2.53. The maximum Gasteiger partial charge on any atom is 0.0670 e. The van der Waals surface area contributed by atoms with Crippen LogP contribution in [0.3, 0.4) is 0 Å². The molecular formula is C17H18ClN3. The number of hydrogen-bond donors (Lipinski definition) is 2. The van der Waals surface area contributed by atoms with Crippen molar-refractivity contribution in [3.05, 3.63) is 59.2 Å². The highest BCUT2D eigenvalue weighted by Crippen LogP contribution is 2.26. The first kappa shape index (κ1) is 14.0. The van der Waals surface area contributed by atoms with Gasteiger partial charge in [0.25, 0.3) is 0 Å². The van der Waals surface area contributed by atoms with E-state index in [1.807, 2.05) is 18.3 Å². The summed E-state index contributed by atoms with van der Waals surface area (Å²) in [6, 6.07) is 14.6. The number of H-pyrrole nitrogens is 1. The summed E-state index contributed by atoms with van der Waals surface area (Å²) in [7, 11) is 0. The Morgan fingerprint density at radius 3 is 2.76 bits per heavy atom. The molecule has 2 N–H and O–H groups in total. The van der Waals surface area contributed by atoms with E-state index in [-0.39, 0.29) is 6.04 Å². The van der Waals surface area contributed by atoms with Crippen LogP contribution in [0.5, 0.6) is 0 Å². The SMILES string of the molecule is CCCC(Nc1ccc2cn[nH]c2c1)c1ccc(Cl)cc1. The average molecular weight is 300 g/mol. The Balaban J connectivity index is 1.85. The van der Waals surface area contributed by atoms with Crippen LogP contribution in [0.25, 0.3) is 10.9 Å². The van der Waals surface area contributed by atoms with Gasteiger partial charge in [0.05, 0.1) is 17.8 Å². The zero-order valence-corrected chi connectivity index (χ0v) is 12.7. The molecule has 3 rings (SSSR count). The summed E-state index contributed by atoms with van der Waals surface area (Å²) in [5.41, 5.74) is 3.40. The zero-order valence-electron chi connectivity index (χ0n) is 11.9. The molecule has 0 aliphatic carbocycles. The highest BCUT2D eigenvalue weighted by atomic mass is 35.5. The molecule has 0 aliphatic heterocycles. The number of aromatic nitrogens is 2. The third-order valence-corrected chi connectivity index (χ3v) is 3.88. The molecule has 1 heterocycles. The summed E-state index contributed by atoms with van der Waals surface area (Å²) < 4.78 is 0. The Hall–Kier alpha value is -2.00. The molecule has 0 radical (unpaired) electrons. The van der Waals surface area contributed by atoms with E-state index in [0.717, 1.165) is 34.5 Å². The Morgan fingerprint density at radius 1 is 1.19 bits per heavy atom. The molecule has 0 fully saturated rings. The summed E-state index contributed by atoms with van der Waals surface area (Å²) in [6.07, 6.45) is 4.02. The monoisotopic (exact) mass is 299 g/mol. The molecule has 1 atom stereocenters. The molecule has 1 aromatic heterocycles. The third-order valence-electron chi connectivity index (χ3n) is 3.63. The fourth-order valence-corrected chi connectivity index (χ4v) is 2.66. The normalized spacial score (nSPS) is 12.5. The summed E-state index contributed by atoms with van der Waals surface area (Å²) in [4.78, 5) is 0. The lowest BCUT2D eigenvalue weighted by Crippen LogP contribution is -2.10. The second-order valence-electron chi connectivity index (χ2n) is 5.21. The van der Waals surface area contributed by atoms with Crippen molar-refractivity contribution in [3.8, 4) is 0 Å². The van der Waals surface area contributed by atoms with Gasteiger partial charge in [0, 0.05) is 16.1 Å². The number of anilines is 1. The fraction of sp³-hybridized carbons (Fsp3) is 0.235. The van der Waals surface area contributed by atoms with Gasteiger partial charge in [-0.05, 0) is 42.3 Å². The summed E-state index contributed by atoms with van der Waals surface area (Å²) in [6.45, 7) is 2.20. The number of aromatic amines is 1. The molecule has 108 valence electrons. The zero-order chi connectivity index (χ0) is 14.7. The smallest absolute Gasteiger partial charge is 0.0670 e. The lowest BCUT2D eigenvalue weighted by Gasteiger charge is -2.20. The van der Waals surface area contributed by atoms with Crippen LogP contribution in [0.1, 0.15) is 31.4 Å². The minimum Gasteiger partial charge on any atom is -0.378 e. The third kappa shape index (κ3) is 3.19. The predicted molar refractivity (Wildman–Crippen MR) is 88.8 cm³/mol. The van der Waals surface area contributed by atoms with E-state index in [1.54, 1.807) is 0 Å². The van der Waals surface area contributed by atoms with Gasteiger partial charge in [-0.2, -0.15) is 5.10 Å². The molecule has 0 spiro atoms. The first-order valence-corrected chi connectivity index (χ1v) is 7.59. The van der Waals surface area contributed by atoms with Gasteiger partial charge >= 0.3 is 0 Å². The van der Waals surface area contributed by atoms with Gasteiger partial charge in [0.1, 0.15) is 0 Å². The summed E-state index contributed by atoms with van der Waals surface area (Å²) >= 11 is 5.97. The van der Waals surface area contributed by atoms with Gasteiger partial charge in [-0.3, -0.25) is 5.10 Å². The minimum atomic E-state index is 0.285. The van der Waals surface area contributed by atoms with E-state index in [1.165, 1.54) is 5.56 Å². The van der Waals surface area contributed by atoms with Gasteiger partial charge in [0.2, 0.25) is 0 Å². The van der Waals surface area contributed by atoms with E-state index in [4.69, 9.17) is 11.6 Å². The van der Waals surface area contributed by atoms with Crippen LogP contribution in [-0.4, -0.2) is 10.2 Å². The summed E-state index contributed by atoms with van der Waals surface area (Å²) in [5, 5.41) is 12.6. The number of nitrogens with one attached hydrogen (secondary N) is 2. The lowest BCUT2D eigenvalue weighted by atomic mass is 10.0. The first-order chi connectivity index (χ1) is 10.3. The van der Waals surface area contributed by atoms with E-state index in [0.29, 0.717) is 0 Å². The quantitative estimate of drug-likeness (QED) is 0.682. The highest BCUT2D eigenvalue weighted by molar-refractivity contribution is 6.30. The maximum atomic E-state index is 5.97. The minimum absolute atomic E-state index is 0.285. The molecule has 2 aromatic carbocycles. The Kier molecular flexibility index (Phi) is 4.11. The lowest BCUT2D eigenvalue weighted by molar-refractivity contribution is 0.678. The largest absolute Gasteiger partial charge is 0.378 e. The number of fused-ring (bicyclic) bond motifs is 1. The Labute approximate surface area is 129 Å². The van der Waals surface area contributed by atoms with Crippen molar-refractivity contribution in [2.45, 2.75) is 25.8 Å². The number of benzene rings is 2. The van der Waals surface area contributed by atoms with Gasteiger partial charge in [-0.25, -0.2) is 0 Å². The van der Waals surface area contributed by atoms with Crippen molar-refractivity contribution in [2.24, 2.45) is 0 Å². The van der Waals surface area contributed by atoms with Crippen molar-refractivity contribution in [3.63, 3.8) is 0 Å². The van der Waals surface area contributed by atoms with Crippen LogP contribution in [-0.2, 0) is 0 Å². The van der Waals surface area contributed by atoms with Crippen LogP contribution in [0.2, 0.25) is 5.02 Å². The molecule has 3 aromatic rings. The number of nitrogens with zero attached hydrogens (tertiary/aromatic N) is 1. The molecule has 3 nitrogen and oxygen atoms in total. The van der Waals surface area contributed by atoms with Crippen LogP contribution in [0.15, 0.2) is 48.7 Å². The topological polar surface area (TPSA) is 40.7 Å². The Morgan fingerprint density at radius 2 is 2.00 bits per heavy atom.